The van der Waals surface area contributed by atoms with Crippen molar-refractivity contribution in [2.75, 3.05) is 0 Å². The lowest BCUT2D eigenvalue weighted by Crippen LogP contribution is -2.36. The highest BCUT2D eigenvalue weighted by molar-refractivity contribution is 7.10. The van der Waals surface area contributed by atoms with Gasteiger partial charge in [0.1, 0.15) is 5.70 Å². The van der Waals surface area contributed by atoms with E-state index in [1.165, 1.54) is 16.9 Å². The van der Waals surface area contributed by atoms with E-state index in [4.69, 9.17) is 0 Å². The third-order valence-electron chi connectivity index (χ3n) is 4.80. The first-order valence-corrected chi connectivity index (χ1v) is 10.8. The number of aryl methyl sites for hydroxylation is 2. The van der Waals surface area contributed by atoms with Gasteiger partial charge in [-0.3, -0.25) is 9.59 Å². The molecule has 2 aromatic carbocycles. The molecule has 5 heteroatoms. The molecule has 0 aliphatic rings. The number of amides is 2. The van der Waals surface area contributed by atoms with E-state index >= 15 is 0 Å². The van der Waals surface area contributed by atoms with E-state index in [1.807, 2.05) is 74.7 Å². The first-order valence-electron chi connectivity index (χ1n) is 9.97. The minimum absolute atomic E-state index is 0.138. The van der Waals surface area contributed by atoms with Crippen molar-refractivity contribution in [2.24, 2.45) is 0 Å². The van der Waals surface area contributed by atoms with Gasteiger partial charge in [0.15, 0.2) is 0 Å². The number of rotatable bonds is 7. The number of hydrogen-bond acceptors (Lipinski definition) is 3. The van der Waals surface area contributed by atoms with Gasteiger partial charge in [0.05, 0.1) is 6.04 Å². The Kier molecular flexibility index (Phi) is 7.20. The molecule has 2 amide bonds. The molecule has 1 aromatic heterocycles. The SMILES string of the molecule is CCC(NC(=O)/C(=C/c1cccs1)NC(=O)c1cccc(C)c1)c1ccc(C)cc1. The second kappa shape index (κ2) is 10.0. The van der Waals surface area contributed by atoms with Crippen LogP contribution in [0, 0.1) is 13.8 Å². The average Bonchev–Trinajstić information content (AvgIpc) is 3.25. The van der Waals surface area contributed by atoms with Crippen molar-refractivity contribution in [3.05, 3.63) is 98.9 Å². The van der Waals surface area contributed by atoms with Crippen molar-refractivity contribution in [3.63, 3.8) is 0 Å². The van der Waals surface area contributed by atoms with Gasteiger partial charge in [-0.05, 0) is 55.5 Å². The quantitative estimate of drug-likeness (QED) is 0.505. The first kappa shape index (κ1) is 21.5. The van der Waals surface area contributed by atoms with Crippen LogP contribution in [-0.2, 0) is 4.79 Å². The molecule has 3 aromatic rings. The van der Waals surface area contributed by atoms with Gasteiger partial charge in [-0.1, -0.05) is 60.5 Å². The normalized spacial score (nSPS) is 12.3. The Labute approximate surface area is 181 Å². The molecule has 0 aliphatic heterocycles. The molecule has 0 saturated heterocycles. The molecule has 30 heavy (non-hydrogen) atoms. The summed E-state index contributed by atoms with van der Waals surface area (Å²) in [5, 5.41) is 7.81. The molecule has 0 bridgehead atoms. The van der Waals surface area contributed by atoms with Crippen LogP contribution in [0.4, 0.5) is 0 Å². The molecular formula is C25H26N2O2S. The highest BCUT2D eigenvalue weighted by Gasteiger charge is 2.19. The Morgan fingerprint density at radius 1 is 1.00 bits per heavy atom. The molecule has 0 radical (unpaired) electrons. The van der Waals surface area contributed by atoms with Crippen molar-refractivity contribution in [1.29, 1.82) is 0 Å². The fourth-order valence-corrected chi connectivity index (χ4v) is 3.77. The van der Waals surface area contributed by atoms with Crippen LogP contribution in [0.1, 0.15) is 51.3 Å². The van der Waals surface area contributed by atoms with Crippen LogP contribution < -0.4 is 10.6 Å². The lowest BCUT2D eigenvalue weighted by molar-refractivity contribution is -0.118. The molecule has 0 aliphatic carbocycles. The summed E-state index contributed by atoms with van der Waals surface area (Å²) >= 11 is 1.51. The van der Waals surface area contributed by atoms with Gasteiger partial charge in [0.2, 0.25) is 0 Å². The maximum Gasteiger partial charge on any atom is 0.268 e. The zero-order valence-corrected chi connectivity index (χ0v) is 18.3. The molecule has 154 valence electrons. The maximum atomic E-state index is 13.1. The van der Waals surface area contributed by atoms with E-state index in [0.717, 1.165) is 22.4 Å². The summed E-state index contributed by atoms with van der Waals surface area (Å²) in [5.41, 5.74) is 3.95. The zero-order chi connectivity index (χ0) is 21.5. The van der Waals surface area contributed by atoms with E-state index < -0.39 is 0 Å². The molecule has 2 N–H and O–H groups in total. The number of nitrogens with one attached hydrogen (secondary N) is 2. The fourth-order valence-electron chi connectivity index (χ4n) is 3.11. The summed E-state index contributed by atoms with van der Waals surface area (Å²) in [6.07, 6.45) is 2.46. The van der Waals surface area contributed by atoms with Gasteiger partial charge in [-0.25, -0.2) is 0 Å². The van der Waals surface area contributed by atoms with Gasteiger partial charge < -0.3 is 10.6 Å². The third kappa shape index (κ3) is 5.67. The summed E-state index contributed by atoms with van der Waals surface area (Å²) in [5.74, 6) is -0.614. The average molecular weight is 419 g/mol. The van der Waals surface area contributed by atoms with Crippen LogP contribution in [-0.4, -0.2) is 11.8 Å². The van der Waals surface area contributed by atoms with Crippen LogP contribution in [0.2, 0.25) is 0 Å². The minimum atomic E-state index is -0.308. The summed E-state index contributed by atoms with van der Waals surface area (Å²) < 4.78 is 0. The topological polar surface area (TPSA) is 58.2 Å². The molecule has 0 spiro atoms. The summed E-state index contributed by atoms with van der Waals surface area (Å²) in [4.78, 5) is 26.8. The van der Waals surface area contributed by atoms with Crippen molar-refractivity contribution < 1.29 is 9.59 Å². The van der Waals surface area contributed by atoms with Gasteiger partial charge >= 0.3 is 0 Å². The number of carbonyl (C=O) groups is 2. The molecule has 0 fully saturated rings. The van der Waals surface area contributed by atoms with Crippen molar-refractivity contribution in [1.82, 2.24) is 10.6 Å². The smallest absolute Gasteiger partial charge is 0.268 e. The predicted octanol–water partition coefficient (Wildman–Crippen LogP) is 5.40. The van der Waals surface area contributed by atoms with Crippen molar-refractivity contribution in [2.45, 2.75) is 33.2 Å². The molecule has 1 unspecified atom stereocenters. The fraction of sp³-hybridized carbons (Fsp3) is 0.200. The Balaban J connectivity index is 1.83. The second-order valence-electron chi connectivity index (χ2n) is 7.24. The number of hydrogen-bond donors (Lipinski definition) is 2. The van der Waals surface area contributed by atoms with Crippen LogP contribution in [0.15, 0.2) is 71.7 Å². The largest absolute Gasteiger partial charge is 0.344 e. The molecule has 1 atom stereocenters. The number of carbonyl (C=O) groups excluding carboxylic acids is 2. The Morgan fingerprint density at radius 2 is 1.77 bits per heavy atom. The van der Waals surface area contributed by atoms with Crippen LogP contribution >= 0.6 is 11.3 Å². The summed E-state index contributed by atoms with van der Waals surface area (Å²) in [6, 6.07) is 19.1. The highest BCUT2D eigenvalue weighted by Crippen LogP contribution is 2.19. The van der Waals surface area contributed by atoms with Crippen LogP contribution in [0.25, 0.3) is 6.08 Å². The molecule has 3 rings (SSSR count). The Morgan fingerprint density at radius 3 is 2.40 bits per heavy atom. The van der Waals surface area contributed by atoms with Crippen LogP contribution in [0.3, 0.4) is 0 Å². The third-order valence-corrected chi connectivity index (χ3v) is 5.62. The second-order valence-corrected chi connectivity index (χ2v) is 8.22. The minimum Gasteiger partial charge on any atom is -0.344 e. The zero-order valence-electron chi connectivity index (χ0n) is 17.4. The molecule has 4 nitrogen and oxygen atoms in total. The number of thiophene rings is 1. The first-order chi connectivity index (χ1) is 14.5. The lowest BCUT2D eigenvalue weighted by atomic mass is 10.0. The van der Waals surface area contributed by atoms with Gasteiger partial charge in [-0.15, -0.1) is 11.3 Å². The van der Waals surface area contributed by atoms with E-state index in [9.17, 15) is 9.59 Å². The maximum absolute atomic E-state index is 13.1. The monoisotopic (exact) mass is 418 g/mol. The summed E-state index contributed by atoms with van der Waals surface area (Å²) in [6.45, 7) is 5.99. The molecule has 0 saturated carbocycles. The van der Waals surface area contributed by atoms with Crippen molar-refractivity contribution in [3.8, 4) is 0 Å². The Hall–Kier alpha value is -3.18. The van der Waals surface area contributed by atoms with Crippen molar-refractivity contribution >= 4 is 29.2 Å². The van der Waals surface area contributed by atoms with E-state index in [-0.39, 0.29) is 23.6 Å². The molecule has 1 heterocycles. The van der Waals surface area contributed by atoms with E-state index in [0.29, 0.717) is 5.56 Å². The standard InChI is InChI=1S/C25H26N2O2S/c1-4-22(19-12-10-17(2)11-13-19)26-25(29)23(16-21-9-6-14-30-21)27-24(28)20-8-5-7-18(3)15-20/h5-16,22H,4H2,1-3H3,(H,26,29)(H,27,28)/b23-16-. The predicted molar refractivity (Wildman–Crippen MR) is 123 cm³/mol. The van der Waals surface area contributed by atoms with Crippen LogP contribution in [0.5, 0.6) is 0 Å². The highest BCUT2D eigenvalue weighted by atomic mass is 32.1. The Bertz CT molecular complexity index is 1040. The number of benzene rings is 2. The lowest BCUT2D eigenvalue weighted by Gasteiger charge is -2.19. The van der Waals surface area contributed by atoms with Gasteiger partial charge in [0.25, 0.3) is 11.8 Å². The van der Waals surface area contributed by atoms with Gasteiger partial charge in [0, 0.05) is 10.4 Å². The summed E-state index contributed by atoms with van der Waals surface area (Å²) in [7, 11) is 0. The van der Waals surface area contributed by atoms with E-state index in [2.05, 4.69) is 10.6 Å². The van der Waals surface area contributed by atoms with E-state index in [1.54, 1.807) is 18.2 Å². The molecular weight excluding hydrogens is 392 g/mol. The van der Waals surface area contributed by atoms with Gasteiger partial charge in [-0.2, -0.15) is 0 Å².